The van der Waals surface area contributed by atoms with Crippen molar-refractivity contribution in [2.75, 3.05) is 0 Å². The molecule has 2 aromatic rings. The van der Waals surface area contributed by atoms with E-state index in [1.807, 2.05) is 0 Å². The van der Waals surface area contributed by atoms with E-state index in [1.54, 1.807) is 19.1 Å². The van der Waals surface area contributed by atoms with E-state index in [0.29, 0.717) is 0 Å². The van der Waals surface area contributed by atoms with Gasteiger partial charge in [-0.1, -0.05) is 36.4 Å². The van der Waals surface area contributed by atoms with E-state index in [-0.39, 0.29) is 16.2 Å². The van der Waals surface area contributed by atoms with Crippen molar-refractivity contribution in [1.29, 1.82) is 0 Å². The van der Waals surface area contributed by atoms with Crippen LogP contribution in [0, 0.1) is 6.92 Å². The van der Waals surface area contributed by atoms with E-state index in [1.165, 1.54) is 12.1 Å². The average Bonchev–Trinajstić information content (AvgIpc) is 2.46. The number of halogens is 3. The standard InChI is InChI=1S/C16H13F3O3S/c1-11-3-9-15(10-4-11)23(20,21)22-12(2)13-5-7-14(8-6-13)16(17,18)19/h3-10H,2H2,1H3. The van der Waals surface area contributed by atoms with E-state index in [9.17, 15) is 21.6 Å². The van der Waals surface area contributed by atoms with Gasteiger partial charge >= 0.3 is 16.3 Å². The van der Waals surface area contributed by atoms with Gasteiger partial charge < -0.3 is 4.18 Å². The second-order valence-corrected chi connectivity index (χ2v) is 6.40. The van der Waals surface area contributed by atoms with Gasteiger partial charge in [0.15, 0.2) is 0 Å². The van der Waals surface area contributed by atoms with E-state index in [0.717, 1.165) is 29.8 Å². The fourth-order valence-electron chi connectivity index (χ4n) is 1.78. The minimum atomic E-state index is -4.46. The summed E-state index contributed by atoms with van der Waals surface area (Å²) in [5.74, 6) is -0.251. The molecule has 0 fully saturated rings. The van der Waals surface area contributed by atoms with Gasteiger partial charge in [-0.3, -0.25) is 0 Å². The van der Waals surface area contributed by atoms with Crippen LogP contribution in [0.3, 0.4) is 0 Å². The summed E-state index contributed by atoms with van der Waals surface area (Å²) in [6.45, 7) is 5.27. The summed E-state index contributed by atoms with van der Waals surface area (Å²) >= 11 is 0. The zero-order valence-corrected chi connectivity index (χ0v) is 12.9. The third kappa shape index (κ3) is 4.13. The molecule has 0 radical (unpaired) electrons. The van der Waals surface area contributed by atoms with Crippen LogP contribution in [-0.2, 0) is 20.5 Å². The lowest BCUT2D eigenvalue weighted by Crippen LogP contribution is -2.07. The van der Waals surface area contributed by atoms with Crippen LogP contribution in [0.1, 0.15) is 16.7 Å². The third-order valence-electron chi connectivity index (χ3n) is 3.05. The molecular formula is C16H13F3O3S. The third-order valence-corrected chi connectivity index (χ3v) is 4.32. The Morgan fingerprint density at radius 3 is 2.00 bits per heavy atom. The van der Waals surface area contributed by atoms with Gasteiger partial charge in [0, 0.05) is 5.56 Å². The zero-order chi connectivity index (χ0) is 17.3. The molecule has 2 aromatic carbocycles. The van der Waals surface area contributed by atoms with Crippen molar-refractivity contribution in [1.82, 2.24) is 0 Å². The Labute approximate surface area is 132 Å². The van der Waals surface area contributed by atoms with Crippen molar-refractivity contribution in [3.8, 4) is 0 Å². The van der Waals surface area contributed by atoms with Crippen molar-refractivity contribution in [2.45, 2.75) is 18.0 Å². The lowest BCUT2D eigenvalue weighted by molar-refractivity contribution is -0.137. The van der Waals surface area contributed by atoms with Crippen LogP contribution >= 0.6 is 0 Å². The molecule has 0 atom stereocenters. The molecule has 0 heterocycles. The highest BCUT2D eigenvalue weighted by Crippen LogP contribution is 2.30. The summed E-state index contributed by atoms with van der Waals surface area (Å²) < 4.78 is 66.5. The molecule has 0 amide bonds. The quantitative estimate of drug-likeness (QED) is 0.611. The average molecular weight is 342 g/mol. The lowest BCUT2D eigenvalue weighted by Gasteiger charge is -2.11. The van der Waals surface area contributed by atoms with Crippen LogP contribution in [0.4, 0.5) is 13.2 Å². The van der Waals surface area contributed by atoms with Crippen LogP contribution in [-0.4, -0.2) is 8.42 Å². The number of alkyl halides is 3. The Morgan fingerprint density at radius 1 is 1.00 bits per heavy atom. The van der Waals surface area contributed by atoms with Crippen LogP contribution < -0.4 is 0 Å². The Hall–Kier alpha value is -2.28. The van der Waals surface area contributed by atoms with Crippen molar-refractivity contribution in [3.05, 3.63) is 71.8 Å². The largest absolute Gasteiger partial charge is 0.416 e. The Balaban J connectivity index is 2.19. The molecule has 0 saturated heterocycles. The van der Waals surface area contributed by atoms with E-state index in [4.69, 9.17) is 4.18 Å². The molecule has 3 nitrogen and oxygen atoms in total. The van der Waals surface area contributed by atoms with E-state index in [2.05, 4.69) is 6.58 Å². The first-order chi connectivity index (χ1) is 10.6. The van der Waals surface area contributed by atoms with Gasteiger partial charge in [-0.15, -0.1) is 0 Å². The number of benzene rings is 2. The highest BCUT2D eigenvalue weighted by molar-refractivity contribution is 7.87. The van der Waals surface area contributed by atoms with Crippen LogP contribution in [0.5, 0.6) is 0 Å². The summed E-state index contributed by atoms with van der Waals surface area (Å²) in [5, 5.41) is 0. The van der Waals surface area contributed by atoms with Crippen molar-refractivity contribution >= 4 is 15.9 Å². The highest BCUT2D eigenvalue weighted by Gasteiger charge is 2.30. The summed E-state index contributed by atoms with van der Waals surface area (Å²) in [4.78, 5) is -0.0591. The molecule has 0 aliphatic carbocycles. The molecule has 0 aliphatic heterocycles. The van der Waals surface area contributed by atoms with Crippen molar-refractivity contribution < 1.29 is 25.8 Å². The number of hydrogen-bond acceptors (Lipinski definition) is 3. The Bertz CT molecular complexity index is 805. The van der Waals surface area contributed by atoms with Crippen molar-refractivity contribution in [2.24, 2.45) is 0 Å². The summed E-state index contributed by atoms with van der Waals surface area (Å²) in [7, 11) is -4.08. The molecule has 2 rings (SSSR count). The predicted octanol–water partition coefficient (Wildman–Crippen LogP) is 4.39. The summed E-state index contributed by atoms with van der Waals surface area (Å²) in [6, 6.07) is 9.86. The van der Waals surface area contributed by atoms with Gasteiger partial charge in [0.25, 0.3) is 0 Å². The second-order valence-electron chi connectivity index (χ2n) is 4.85. The molecule has 0 aromatic heterocycles. The molecule has 7 heteroatoms. The van der Waals surface area contributed by atoms with Gasteiger partial charge in [0.1, 0.15) is 10.7 Å². The number of rotatable bonds is 4. The lowest BCUT2D eigenvalue weighted by atomic mass is 10.1. The number of hydrogen-bond donors (Lipinski definition) is 0. The van der Waals surface area contributed by atoms with Gasteiger partial charge in [-0.05, 0) is 31.2 Å². The molecule has 0 saturated carbocycles. The van der Waals surface area contributed by atoms with E-state index < -0.39 is 21.9 Å². The maximum absolute atomic E-state index is 12.5. The number of aryl methyl sites for hydroxylation is 1. The molecule has 0 spiro atoms. The Kier molecular flexibility index (Phi) is 4.51. The normalized spacial score (nSPS) is 12.0. The first-order valence-corrected chi connectivity index (χ1v) is 7.88. The minimum Gasteiger partial charge on any atom is -0.379 e. The first-order valence-electron chi connectivity index (χ1n) is 6.47. The maximum Gasteiger partial charge on any atom is 0.416 e. The molecule has 23 heavy (non-hydrogen) atoms. The smallest absolute Gasteiger partial charge is 0.379 e. The maximum atomic E-state index is 12.5. The van der Waals surface area contributed by atoms with E-state index >= 15 is 0 Å². The summed E-state index contributed by atoms with van der Waals surface area (Å²) in [5.41, 5.74) is 0.189. The van der Waals surface area contributed by atoms with Crippen LogP contribution in [0.2, 0.25) is 0 Å². The molecule has 0 aliphatic rings. The monoisotopic (exact) mass is 342 g/mol. The van der Waals surface area contributed by atoms with Gasteiger partial charge in [0.2, 0.25) is 0 Å². The first kappa shape index (κ1) is 17.1. The second kappa shape index (κ2) is 6.08. The zero-order valence-electron chi connectivity index (χ0n) is 12.1. The van der Waals surface area contributed by atoms with Crippen molar-refractivity contribution in [3.63, 3.8) is 0 Å². The fraction of sp³-hybridized carbons (Fsp3) is 0.125. The van der Waals surface area contributed by atoms with Crippen LogP contribution in [0.15, 0.2) is 60.0 Å². The highest BCUT2D eigenvalue weighted by atomic mass is 32.2. The SMILES string of the molecule is C=C(OS(=O)(=O)c1ccc(C)cc1)c1ccc(C(F)(F)F)cc1. The molecule has 0 bridgehead atoms. The molecule has 0 unspecified atom stereocenters. The molecular weight excluding hydrogens is 329 g/mol. The van der Waals surface area contributed by atoms with Crippen LogP contribution in [0.25, 0.3) is 5.76 Å². The van der Waals surface area contributed by atoms with Gasteiger partial charge in [-0.2, -0.15) is 21.6 Å². The van der Waals surface area contributed by atoms with Gasteiger partial charge in [-0.25, -0.2) is 0 Å². The topological polar surface area (TPSA) is 43.4 Å². The van der Waals surface area contributed by atoms with Gasteiger partial charge in [0.05, 0.1) is 5.56 Å². The Morgan fingerprint density at radius 2 is 1.52 bits per heavy atom. The predicted molar refractivity (Wildman–Crippen MR) is 79.9 cm³/mol. The minimum absolute atomic E-state index is 0.0591. The molecule has 0 N–H and O–H groups in total. The molecule has 122 valence electrons. The fourth-order valence-corrected chi connectivity index (χ4v) is 2.71. The summed E-state index contributed by atoms with van der Waals surface area (Å²) in [6.07, 6.45) is -4.46.